The molecule has 1 aromatic carbocycles. The molecule has 2 rings (SSSR count). The molecule has 2 aromatic rings. The van der Waals surface area contributed by atoms with Crippen molar-refractivity contribution in [1.82, 2.24) is 15.1 Å². The van der Waals surface area contributed by atoms with Gasteiger partial charge < -0.3 is 10.1 Å². The quantitative estimate of drug-likeness (QED) is 0.651. The van der Waals surface area contributed by atoms with E-state index in [9.17, 15) is 4.79 Å². The molecule has 2 atom stereocenters. The first kappa shape index (κ1) is 20.7. The predicted octanol–water partition coefficient (Wildman–Crippen LogP) is 3.49. The van der Waals surface area contributed by atoms with Crippen LogP contribution in [-0.4, -0.2) is 35.4 Å². The molecule has 144 valence electrons. The maximum absolute atomic E-state index is 12.3. The van der Waals surface area contributed by atoms with Gasteiger partial charge in [-0.15, -0.1) is 0 Å². The highest BCUT2D eigenvalue weighted by molar-refractivity contribution is 5.94. The highest BCUT2D eigenvalue weighted by Gasteiger charge is 2.14. The number of aromatic nitrogens is 2. The van der Waals surface area contributed by atoms with E-state index in [1.54, 1.807) is 31.4 Å². The largest absolute Gasteiger partial charge is 0.385 e. The van der Waals surface area contributed by atoms with E-state index in [4.69, 9.17) is 10.00 Å². The van der Waals surface area contributed by atoms with Crippen LogP contribution in [0.3, 0.4) is 0 Å². The third kappa shape index (κ3) is 6.54. The molecule has 6 nitrogen and oxygen atoms in total. The van der Waals surface area contributed by atoms with Gasteiger partial charge in [0.2, 0.25) is 0 Å². The lowest BCUT2D eigenvalue weighted by Gasteiger charge is -2.16. The molecule has 0 fully saturated rings. The summed E-state index contributed by atoms with van der Waals surface area (Å²) in [7, 11) is 1.71. The summed E-state index contributed by atoms with van der Waals surface area (Å²) in [6, 6.07) is 10.9. The minimum Gasteiger partial charge on any atom is -0.385 e. The number of amides is 1. The zero-order valence-corrected chi connectivity index (χ0v) is 16.3. The SMILES string of the molecule is COCCCn1ccc(C(C)CCC(C)NC(=O)c2ccc(C#N)cc2)n1. The molecule has 6 heteroatoms. The lowest BCUT2D eigenvalue weighted by Crippen LogP contribution is -2.32. The van der Waals surface area contributed by atoms with Crippen molar-refractivity contribution < 1.29 is 9.53 Å². The Bertz CT molecular complexity index is 761. The fourth-order valence-corrected chi connectivity index (χ4v) is 2.86. The Morgan fingerprint density at radius 2 is 2.00 bits per heavy atom. The Morgan fingerprint density at radius 1 is 1.26 bits per heavy atom. The number of carbonyl (C=O) groups excluding carboxylic acids is 1. The Labute approximate surface area is 161 Å². The van der Waals surface area contributed by atoms with Crippen LogP contribution >= 0.6 is 0 Å². The molecule has 27 heavy (non-hydrogen) atoms. The van der Waals surface area contributed by atoms with Gasteiger partial charge in [-0.3, -0.25) is 9.48 Å². The highest BCUT2D eigenvalue weighted by Crippen LogP contribution is 2.20. The number of nitrogens with one attached hydrogen (secondary N) is 1. The number of hydrogen-bond donors (Lipinski definition) is 1. The Morgan fingerprint density at radius 3 is 2.67 bits per heavy atom. The zero-order valence-electron chi connectivity index (χ0n) is 16.3. The molecule has 2 unspecified atom stereocenters. The van der Waals surface area contributed by atoms with E-state index in [2.05, 4.69) is 29.5 Å². The molecule has 0 spiro atoms. The van der Waals surface area contributed by atoms with Crippen LogP contribution < -0.4 is 5.32 Å². The molecule has 0 aliphatic carbocycles. The normalized spacial score (nSPS) is 13.0. The molecule has 0 saturated carbocycles. The van der Waals surface area contributed by atoms with Crippen LogP contribution in [-0.2, 0) is 11.3 Å². The van der Waals surface area contributed by atoms with Crippen LogP contribution in [0.15, 0.2) is 36.5 Å². The number of hydrogen-bond acceptors (Lipinski definition) is 4. The number of carbonyl (C=O) groups is 1. The predicted molar refractivity (Wildman–Crippen MR) is 104 cm³/mol. The van der Waals surface area contributed by atoms with Gasteiger partial charge in [0.05, 0.1) is 17.3 Å². The van der Waals surface area contributed by atoms with Gasteiger partial charge in [0, 0.05) is 44.0 Å². The van der Waals surface area contributed by atoms with Gasteiger partial charge in [-0.1, -0.05) is 6.92 Å². The average Bonchev–Trinajstić information content (AvgIpc) is 3.15. The summed E-state index contributed by atoms with van der Waals surface area (Å²) in [5.41, 5.74) is 2.21. The van der Waals surface area contributed by atoms with Gasteiger partial charge in [0.15, 0.2) is 0 Å². The van der Waals surface area contributed by atoms with E-state index < -0.39 is 0 Å². The molecule has 0 bridgehead atoms. The van der Waals surface area contributed by atoms with Crippen LogP contribution in [0, 0.1) is 11.3 Å². The highest BCUT2D eigenvalue weighted by atomic mass is 16.5. The minimum atomic E-state index is -0.109. The lowest BCUT2D eigenvalue weighted by atomic mass is 9.99. The van der Waals surface area contributed by atoms with Gasteiger partial charge >= 0.3 is 0 Å². The van der Waals surface area contributed by atoms with Crippen LogP contribution in [0.5, 0.6) is 0 Å². The average molecular weight is 368 g/mol. The number of ether oxygens (including phenoxy) is 1. The third-order valence-electron chi connectivity index (χ3n) is 4.59. The summed E-state index contributed by atoms with van der Waals surface area (Å²) >= 11 is 0. The van der Waals surface area contributed by atoms with Gasteiger partial charge in [0.1, 0.15) is 0 Å². The van der Waals surface area contributed by atoms with Crippen molar-refractivity contribution in [3.05, 3.63) is 53.3 Å². The molecule has 1 amide bonds. The molecule has 0 saturated heterocycles. The molecule has 0 aliphatic heterocycles. The van der Waals surface area contributed by atoms with Crippen molar-refractivity contribution in [1.29, 1.82) is 5.26 Å². The molecule has 1 aromatic heterocycles. The van der Waals surface area contributed by atoms with E-state index >= 15 is 0 Å². The molecule has 1 N–H and O–H groups in total. The number of nitriles is 1. The topological polar surface area (TPSA) is 79.9 Å². The molecular weight excluding hydrogens is 340 g/mol. The monoisotopic (exact) mass is 368 g/mol. The number of rotatable bonds is 10. The van der Waals surface area contributed by atoms with Crippen LogP contribution in [0.25, 0.3) is 0 Å². The van der Waals surface area contributed by atoms with Gasteiger partial charge in [-0.05, 0) is 56.5 Å². The van der Waals surface area contributed by atoms with Crippen molar-refractivity contribution >= 4 is 5.91 Å². The summed E-state index contributed by atoms with van der Waals surface area (Å²) < 4.78 is 7.03. The summed E-state index contributed by atoms with van der Waals surface area (Å²) in [5.74, 6) is 0.227. The van der Waals surface area contributed by atoms with E-state index in [0.29, 0.717) is 17.0 Å². The molecule has 1 heterocycles. The van der Waals surface area contributed by atoms with E-state index in [1.165, 1.54) is 0 Å². The smallest absolute Gasteiger partial charge is 0.251 e. The van der Waals surface area contributed by atoms with Crippen LogP contribution in [0.4, 0.5) is 0 Å². The second-order valence-electron chi connectivity index (χ2n) is 6.89. The van der Waals surface area contributed by atoms with E-state index in [-0.39, 0.29) is 11.9 Å². The first-order chi connectivity index (χ1) is 13.0. The van der Waals surface area contributed by atoms with Crippen molar-refractivity contribution in [3.8, 4) is 6.07 Å². The second-order valence-corrected chi connectivity index (χ2v) is 6.89. The summed E-state index contributed by atoms with van der Waals surface area (Å²) in [5, 5.41) is 16.5. The zero-order chi connectivity index (χ0) is 19.6. The standard InChI is InChI=1S/C21H28N4O2/c1-16(20-11-13-25(24-20)12-4-14-27-3)5-6-17(2)23-21(26)19-9-7-18(15-22)8-10-19/h7-11,13,16-17H,4-6,12,14H2,1-3H3,(H,23,26). The Hall–Kier alpha value is -2.65. The number of nitrogens with zero attached hydrogens (tertiary/aromatic N) is 3. The first-order valence-electron chi connectivity index (χ1n) is 9.36. The number of methoxy groups -OCH3 is 1. The maximum Gasteiger partial charge on any atom is 0.251 e. The van der Waals surface area contributed by atoms with Crippen molar-refractivity contribution in [3.63, 3.8) is 0 Å². The minimum absolute atomic E-state index is 0.0689. The maximum atomic E-state index is 12.3. The third-order valence-corrected chi connectivity index (χ3v) is 4.59. The molecule has 0 aliphatic rings. The summed E-state index contributed by atoms with van der Waals surface area (Å²) in [6.45, 7) is 5.77. The van der Waals surface area contributed by atoms with Crippen LogP contribution in [0.2, 0.25) is 0 Å². The number of aryl methyl sites for hydroxylation is 1. The van der Waals surface area contributed by atoms with E-state index in [1.807, 2.05) is 17.8 Å². The van der Waals surface area contributed by atoms with Crippen molar-refractivity contribution in [2.75, 3.05) is 13.7 Å². The Balaban J connectivity index is 1.77. The molecular formula is C21H28N4O2. The van der Waals surface area contributed by atoms with Crippen molar-refractivity contribution in [2.24, 2.45) is 0 Å². The van der Waals surface area contributed by atoms with Gasteiger partial charge in [0.25, 0.3) is 5.91 Å². The number of benzene rings is 1. The fourth-order valence-electron chi connectivity index (χ4n) is 2.86. The summed E-state index contributed by atoms with van der Waals surface area (Å²) in [4.78, 5) is 12.3. The summed E-state index contributed by atoms with van der Waals surface area (Å²) in [6.07, 6.45) is 4.78. The van der Waals surface area contributed by atoms with Gasteiger partial charge in [-0.2, -0.15) is 10.4 Å². The lowest BCUT2D eigenvalue weighted by molar-refractivity contribution is 0.0937. The molecule has 0 radical (unpaired) electrons. The Kier molecular flexibility index (Phi) is 8.02. The van der Waals surface area contributed by atoms with Crippen LogP contribution in [0.1, 0.15) is 60.6 Å². The first-order valence-corrected chi connectivity index (χ1v) is 9.36. The van der Waals surface area contributed by atoms with Gasteiger partial charge in [-0.25, -0.2) is 0 Å². The van der Waals surface area contributed by atoms with E-state index in [0.717, 1.165) is 38.1 Å². The second kappa shape index (κ2) is 10.5. The van der Waals surface area contributed by atoms with Crippen molar-refractivity contribution in [2.45, 2.75) is 51.6 Å². The fraction of sp³-hybridized carbons (Fsp3) is 0.476.